The fourth-order valence-electron chi connectivity index (χ4n) is 1.12. The Balaban J connectivity index is 2.90. The van der Waals surface area contributed by atoms with Crippen LogP contribution in [0.15, 0.2) is 17.6 Å². The second kappa shape index (κ2) is 3.91. The highest BCUT2D eigenvalue weighted by Gasteiger charge is 2.13. The molecule has 13 heavy (non-hydrogen) atoms. The molecule has 5 heteroatoms. The molecule has 0 saturated heterocycles. The number of imidazole rings is 1. The topological polar surface area (TPSA) is 52.0 Å². The molecule has 74 valence electrons. The molecule has 1 heterocycles. The maximum atomic E-state index is 11.2. The summed E-state index contributed by atoms with van der Waals surface area (Å²) < 4.78 is 24.1. The summed E-state index contributed by atoms with van der Waals surface area (Å²) in [4.78, 5) is 3.82. The zero-order chi connectivity index (χ0) is 9.90. The van der Waals surface area contributed by atoms with Crippen LogP contribution in [-0.2, 0) is 16.4 Å². The maximum Gasteiger partial charge on any atom is 0.227 e. The first-order valence-corrected chi connectivity index (χ1v) is 6.16. The van der Waals surface area contributed by atoms with Crippen LogP contribution in [0.2, 0.25) is 0 Å². The summed E-state index contributed by atoms with van der Waals surface area (Å²) in [5, 5.41) is 0.168. The lowest BCUT2D eigenvalue weighted by atomic mass is 10.3. The molecule has 1 aromatic rings. The quantitative estimate of drug-likeness (QED) is 0.734. The van der Waals surface area contributed by atoms with Crippen LogP contribution in [0.4, 0.5) is 0 Å². The Bertz CT molecular complexity index is 367. The molecule has 0 aromatic carbocycles. The molecule has 1 aromatic heterocycles. The van der Waals surface area contributed by atoms with E-state index in [1.165, 1.54) is 12.5 Å². The van der Waals surface area contributed by atoms with Gasteiger partial charge in [0.25, 0.3) is 0 Å². The lowest BCUT2D eigenvalue weighted by Gasteiger charge is -2.03. The molecule has 1 rings (SSSR count). The molecule has 0 aliphatic rings. The summed E-state index contributed by atoms with van der Waals surface area (Å²) in [6, 6.07) is 0. The minimum Gasteiger partial charge on any atom is -0.322 e. The fraction of sp³-hybridized carbons (Fsp3) is 0.625. The SMILES string of the molecule is CCCCn1ccnc1S(C)(=O)=O. The van der Waals surface area contributed by atoms with Gasteiger partial charge in [0.15, 0.2) is 0 Å². The van der Waals surface area contributed by atoms with Crippen LogP contribution in [-0.4, -0.2) is 24.2 Å². The Hall–Kier alpha value is -0.840. The normalized spacial score (nSPS) is 11.8. The molecule has 4 nitrogen and oxygen atoms in total. The summed E-state index contributed by atoms with van der Waals surface area (Å²) >= 11 is 0. The van der Waals surface area contributed by atoms with Crippen molar-refractivity contribution in [1.82, 2.24) is 9.55 Å². The first-order valence-electron chi connectivity index (χ1n) is 4.27. The molecular weight excluding hydrogens is 188 g/mol. The van der Waals surface area contributed by atoms with Gasteiger partial charge in [0.05, 0.1) is 0 Å². The van der Waals surface area contributed by atoms with Gasteiger partial charge in [-0.1, -0.05) is 13.3 Å². The molecule has 0 saturated carbocycles. The van der Waals surface area contributed by atoms with Gasteiger partial charge >= 0.3 is 0 Å². The van der Waals surface area contributed by atoms with E-state index in [0.29, 0.717) is 0 Å². The van der Waals surface area contributed by atoms with Crippen molar-refractivity contribution in [3.05, 3.63) is 12.4 Å². The van der Waals surface area contributed by atoms with Gasteiger partial charge in [0.1, 0.15) is 0 Å². The van der Waals surface area contributed by atoms with Crippen LogP contribution in [0.1, 0.15) is 19.8 Å². The summed E-state index contributed by atoms with van der Waals surface area (Å²) in [6.07, 6.45) is 6.41. The van der Waals surface area contributed by atoms with Crippen molar-refractivity contribution in [3.8, 4) is 0 Å². The predicted molar refractivity (Wildman–Crippen MR) is 50.2 cm³/mol. The van der Waals surface area contributed by atoms with E-state index in [9.17, 15) is 8.42 Å². The first kappa shape index (κ1) is 10.2. The number of aromatic nitrogens is 2. The third-order valence-electron chi connectivity index (χ3n) is 1.76. The highest BCUT2D eigenvalue weighted by molar-refractivity contribution is 7.90. The number of unbranched alkanes of at least 4 members (excludes halogenated alkanes) is 1. The molecule has 0 amide bonds. The van der Waals surface area contributed by atoms with Gasteiger partial charge in [0, 0.05) is 25.2 Å². The van der Waals surface area contributed by atoms with Gasteiger partial charge in [-0.15, -0.1) is 0 Å². The van der Waals surface area contributed by atoms with E-state index in [4.69, 9.17) is 0 Å². The standard InChI is InChI=1S/C8H14N2O2S/c1-3-4-6-10-7-5-9-8(10)13(2,11)12/h5,7H,3-4,6H2,1-2H3. The van der Waals surface area contributed by atoms with Crippen molar-refractivity contribution in [2.45, 2.75) is 31.5 Å². The molecule has 0 unspecified atom stereocenters. The third-order valence-corrected chi connectivity index (χ3v) is 2.76. The van der Waals surface area contributed by atoms with E-state index in [1.807, 2.05) is 0 Å². The van der Waals surface area contributed by atoms with E-state index >= 15 is 0 Å². The lowest BCUT2D eigenvalue weighted by molar-refractivity contribution is 0.549. The zero-order valence-electron chi connectivity index (χ0n) is 7.90. The largest absolute Gasteiger partial charge is 0.322 e. The zero-order valence-corrected chi connectivity index (χ0v) is 8.71. The van der Waals surface area contributed by atoms with Crippen LogP contribution >= 0.6 is 0 Å². The second-order valence-corrected chi connectivity index (χ2v) is 4.94. The van der Waals surface area contributed by atoms with E-state index < -0.39 is 9.84 Å². The predicted octanol–water partition coefficient (Wildman–Crippen LogP) is 1.09. The van der Waals surface area contributed by atoms with Crippen molar-refractivity contribution in [2.24, 2.45) is 0 Å². The highest BCUT2D eigenvalue weighted by Crippen LogP contribution is 2.07. The summed E-state index contributed by atoms with van der Waals surface area (Å²) in [6.45, 7) is 2.79. The minimum absolute atomic E-state index is 0.168. The molecule has 0 atom stereocenters. The van der Waals surface area contributed by atoms with E-state index in [-0.39, 0.29) is 5.16 Å². The van der Waals surface area contributed by atoms with Crippen molar-refractivity contribution < 1.29 is 8.42 Å². The average Bonchev–Trinajstić information content (AvgIpc) is 2.47. The molecule has 0 radical (unpaired) electrons. The smallest absolute Gasteiger partial charge is 0.227 e. The van der Waals surface area contributed by atoms with Gasteiger partial charge in [-0.3, -0.25) is 0 Å². The van der Waals surface area contributed by atoms with Crippen LogP contribution < -0.4 is 0 Å². The lowest BCUT2D eigenvalue weighted by Crippen LogP contribution is -2.08. The van der Waals surface area contributed by atoms with E-state index in [2.05, 4.69) is 11.9 Å². The van der Waals surface area contributed by atoms with Crippen LogP contribution in [0, 0.1) is 0 Å². The second-order valence-electron chi connectivity index (χ2n) is 3.03. The number of sulfone groups is 1. The average molecular weight is 202 g/mol. The summed E-state index contributed by atoms with van der Waals surface area (Å²) in [5.41, 5.74) is 0. The number of hydrogen-bond acceptors (Lipinski definition) is 3. The van der Waals surface area contributed by atoms with Crippen LogP contribution in [0.25, 0.3) is 0 Å². The Morgan fingerprint density at radius 3 is 2.77 bits per heavy atom. The fourth-order valence-corrected chi connectivity index (χ4v) is 1.95. The number of hydrogen-bond donors (Lipinski definition) is 0. The van der Waals surface area contributed by atoms with E-state index in [0.717, 1.165) is 19.4 Å². The highest BCUT2D eigenvalue weighted by atomic mass is 32.2. The van der Waals surface area contributed by atoms with Crippen molar-refractivity contribution >= 4 is 9.84 Å². The molecule has 0 aliphatic heterocycles. The number of aryl methyl sites for hydroxylation is 1. The van der Waals surface area contributed by atoms with Gasteiger partial charge in [-0.25, -0.2) is 13.4 Å². The number of nitrogens with zero attached hydrogens (tertiary/aromatic N) is 2. The molecule has 0 N–H and O–H groups in total. The monoisotopic (exact) mass is 202 g/mol. The van der Waals surface area contributed by atoms with Crippen molar-refractivity contribution in [1.29, 1.82) is 0 Å². The minimum atomic E-state index is -3.17. The molecular formula is C8H14N2O2S. The van der Waals surface area contributed by atoms with Crippen molar-refractivity contribution in [2.75, 3.05) is 6.26 Å². The Morgan fingerprint density at radius 1 is 1.54 bits per heavy atom. The van der Waals surface area contributed by atoms with Gasteiger partial charge in [0.2, 0.25) is 15.0 Å². The van der Waals surface area contributed by atoms with Gasteiger partial charge < -0.3 is 4.57 Å². The Kier molecular flexibility index (Phi) is 3.08. The Morgan fingerprint density at radius 2 is 2.23 bits per heavy atom. The maximum absolute atomic E-state index is 11.2. The number of rotatable bonds is 4. The Labute approximate surface area is 78.5 Å². The van der Waals surface area contributed by atoms with Gasteiger partial charge in [-0.05, 0) is 6.42 Å². The first-order chi connectivity index (χ1) is 6.05. The molecule has 0 aliphatic carbocycles. The molecule has 0 spiro atoms. The summed E-state index contributed by atoms with van der Waals surface area (Å²) in [7, 11) is -3.17. The third kappa shape index (κ3) is 2.55. The summed E-state index contributed by atoms with van der Waals surface area (Å²) in [5.74, 6) is 0. The molecule has 0 bridgehead atoms. The van der Waals surface area contributed by atoms with Crippen LogP contribution in [0.3, 0.4) is 0 Å². The molecule has 0 fully saturated rings. The van der Waals surface area contributed by atoms with E-state index in [1.54, 1.807) is 10.8 Å². The van der Waals surface area contributed by atoms with Crippen molar-refractivity contribution in [3.63, 3.8) is 0 Å². The van der Waals surface area contributed by atoms with Crippen LogP contribution in [0.5, 0.6) is 0 Å². The van der Waals surface area contributed by atoms with Gasteiger partial charge in [-0.2, -0.15) is 0 Å².